The first kappa shape index (κ1) is 20.5. The van der Waals surface area contributed by atoms with Crippen LogP contribution >= 0.6 is 11.8 Å². The van der Waals surface area contributed by atoms with Crippen LogP contribution in [0.15, 0.2) is 65.6 Å². The van der Waals surface area contributed by atoms with Crippen LogP contribution < -0.4 is 5.32 Å². The Morgan fingerprint density at radius 2 is 1.61 bits per heavy atom. The third-order valence-electron chi connectivity index (χ3n) is 5.10. The molecule has 1 fully saturated rings. The summed E-state index contributed by atoms with van der Waals surface area (Å²) in [7, 11) is 0. The molecule has 1 saturated heterocycles. The summed E-state index contributed by atoms with van der Waals surface area (Å²) in [4.78, 5) is 27.9. The maximum absolute atomic E-state index is 12.4. The molecule has 0 aliphatic carbocycles. The van der Waals surface area contributed by atoms with Crippen molar-refractivity contribution in [3.8, 4) is 0 Å². The number of benzene rings is 2. The first-order valence-corrected chi connectivity index (χ1v) is 11.0. The van der Waals surface area contributed by atoms with Gasteiger partial charge in [-0.2, -0.15) is 0 Å². The molecule has 1 aliphatic heterocycles. The SMILES string of the molecule is O=C(NCCSc1ccccc1)C1CCN(C(=O)CCc2ccccc2)CC1. The summed E-state index contributed by atoms with van der Waals surface area (Å²) >= 11 is 1.75. The number of nitrogens with one attached hydrogen (secondary N) is 1. The van der Waals surface area contributed by atoms with Gasteiger partial charge in [-0.3, -0.25) is 9.59 Å². The van der Waals surface area contributed by atoms with E-state index in [0.717, 1.165) is 25.0 Å². The van der Waals surface area contributed by atoms with Crippen molar-refractivity contribution in [1.82, 2.24) is 10.2 Å². The lowest BCUT2D eigenvalue weighted by Crippen LogP contribution is -2.43. The first-order valence-electron chi connectivity index (χ1n) is 9.99. The molecule has 1 N–H and O–H groups in total. The van der Waals surface area contributed by atoms with Crippen molar-refractivity contribution in [1.29, 1.82) is 0 Å². The second kappa shape index (κ2) is 10.9. The van der Waals surface area contributed by atoms with Crippen LogP contribution in [-0.2, 0) is 16.0 Å². The van der Waals surface area contributed by atoms with Crippen LogP contribution in [0.5, 0.6) is 0 Å². The molecule has 28 heavy (non-hydrogen) atoms. The highest BCUT2D eigenvalue weighted by molar-refractivity contribution is 7.99. The molecule has 0 atom stereocenters. The van der Waals surface area contributed by atoms with E-state index in [1.807, 2.05) is 41.3 Å². The van der Waals surface area contributed by atoms with Gasteiger partial charge in [-0.05, 0) is 37.0 Å². The van der Waals surface area contributed by atoms with E-state index < -0.39 is 0 Å². The molecular formula is C23H28N2O2S. The van der Waals surface area contributed by atoms with Gasteiger partial charge in [0.2, 0.25) is 11.8 Å². The maximum Gasteiger partial charge on any atom is 0.223 e. The van der Waals surface area contributed by atoms with Gasteiger partial charge in [0.15, 0.2) is 0 Å². The number of thioether (sulfide) groups is 1. The highest BCUT2D eigenvalue weighted by Gasteiger charge is 2.26. The Labute approximate surface area is 171 Å². The van der Waals surface area contributed by atoms with E-state index in [9.17, 15) is 9.59 Å². The predicted octanol–water partition coefficient (Wildman–Crippen LogP) is 3.77. The lowest BCUT2D eigenvalue weighted by molar-refractivity contribution is -0.135. The molecule has 2 amide bonds. The van der Waals surface area contributed by atoms with Crippen molar-refractivity contribution in [2.24, 2.45) is 5.92 Å². The molecule has 0 unspecified atom stereocenters. The van der Waals surface area contributed by atoms with Gasteiger partial charge < -0.3 is 10.2 Å². The van der Waals surface area contributed by atoms with Crippen LogP contribution in [0.3, 0.4) is 0 Å². The zero-order chi connectivity index (χ0) is 19.6. The van der Waals surface area contributed by atoms with E-state index in [1.165, 1.54) is 10.5 Å². The van der Waals surface area contributed by atoms with E-state index in [4.69, 9.17) is 0 Å². The van der Waals surface area contributed by atoms with Crippen molar-refractivity contribution in [2.45, 2.75) is 30.6 Å². The van der Waals surface area contributed by atoms with Gasteiger partial charge in [-0.1, -0.05) is 48.5 Å². The number of likely N-dealkylation sites (tertiary alicyclic amines) is 1. The molecular weight excluding hydrogens is 368 g/mol. The van der Waals surface area contributed by atoms with Crippen LogP contribution in [0.25, 0.3) is 0 Å². The molecule has 3 rings (SSSR count). The minimum atomic E-state index is 0.0277. The highest BCUT2D eigenvalue weighted by atomic mass is 32.2. The Morgan fingerprint density at radius 3 is 2.29 bits per heavy atom. The number of rotatable bonds is 8. The van der Waals surface area contributed by atoms with Gasteiger partial charge in [0, 0.05) is 42.6 Å². The van der Waals surface area contributed by atoms with Crippen molar-refractivity contribution in [2.75, 3.05) is 25.4 Å². The van der Waals surface area contributed by atoms with Gasteiger partial charge in [-0.25, -0.2) is 0 Å². The van der Waals surface area contributed by atoms with Gasteiger partial charge in [0.1, 0.15) is 0 Å². The normalized spacial score (nSPS) is 14.6. The molecule has 5 heteroatoms. The predicted molar refractivity (Wildman–Crippen MR) is 114 cm³/mol. The summed E-state index contributed by atoms with van der Waals surface area (Å²) in [6, 6.07) is 20.3. The smallest absolute Gasteiger partial charge is 0.223 e. The number of piperidine rings is 1. The van der Waals surface area contributed by atoms with Crippen LogP contribution in [0.1, 0.15) is 24.8 Å². The Hall–Kier alpha value is -2.27. The molecule has 1 aliphatic rings. The van der Waals surface area contributed by atoms with E-state index >= 15 is 0 Å². The average molecular weight is 397 g/mol. The molecule has 0 radical (unpaired) electrons. The van der Waals surface area contributed by atoms with Gasteiger partial charge in [-0.15, -0.1) is 11.8 Å². The lowest BCUT2D eigenvalue weighted by Gasteiger charge is -2.31. The van der Waals surface area contributed by atoms with Gasteiger partial charge >= 0.3 is 0 Å². The molecule has 2 aromatic carbocycles. The molecule has 0 bridgehead atoms. The van der Waals surface area contributed by atoms with Gasteiger partial charge in [0.25, 0.3) is 0 Å². The van der Waals surface area contributed by atoms with Gasteiger partial charge in [0.05, 0.1) is 0 Å². The number of nitrogens with zero attached hydrogens (tertiary/aromatic N) is 1. The maximum atomic E-state index is 12.4. The molecule has 2 aromatic rings. The molecule has 0 spiro atoms. The summed E-state index contributed by atoms with van der Waals surface area (Å²) in [5.74, 6) is 1.22. The van der Waals surface area contributed by atoms with E-state index in [1.54, 1.807) is 11.8 Å². The number of amides is 2. The Balaban J connectivity index is 1.31. The molecule has 148 valence electrons. The van der Waals surface area contributed by atoms with Crippen molar-refractivity contribution in [3.05, 3.63) is 66.2 Å². The fourth-order valence-electron chi connectivity index (χ4n) is 3.45. The van der Waals surface area contributed by atoms with Crippen LogP contribution in [0, 0.1) is 5.92 Å². The summed E-state index contributed by atoms with van der Waals surface area (Å²) in [5.41, 5.74) is 1.19. The number of carbonyl (C=O) groups is 2. The third-order valence-corrected chi connectivity index (χ3v) is 6.12. The van der Waals surface area contributed by atoms with Crippen LogP contribution in [0.4, 0.5) is 0 Å². The minimum absolute atomic E-state index is 0.0277. The quantitative estimate of drug-likeness (QED) is 0.546. The second-order valence-corrected chi connectivity index (χ2v) is 8.26. The van der Waals surface area contributed by atoms with Crippen molar-refractivity contribution in [3.63, 3.8) is 0 Å². The molecule has 0 saturated carbocycles. The summed E-state index contributed by atoms with van der Waals surface area (Å²) < 4.78 is 0. The number of aryl methyl sites for hydroxylation is 1. The number of hydrogen-bond acceptors (Lipinski definition) is 3. The van der Waals surface area contributed by atoms with E-state index in [0.29, 0.717) is 26.1 Å². The van der Waals surface area contributed by atoms with Crippen molar-refractivity contribution < 1.29 is 9.59 Å². The minimum Gasteiger partial charge on any atom is -0.355 e. The Morgan fingerprint density at radius 1 is 0.964 bits per heavy atom. The lowest BCUT2D eigenvalue weighted by atomic mass is 9.95. The Kier molecular flexibility index (Phi) is 7.97. The molecule has 0 aromatic heterocycles. The summed E-state index contributed by atoms with van der Waals surface area (Å²) in [5, 5.41) is 3.05. The van der Waals surface area contributed by atoms with Crippen LogP contribution in [0.2, 0.25) is 0 Å². The monoisotopic (exact) mass is 396 g/mol. The molecule has 1 heterocycles. The van der Waals surface area contributed by atoms with E-state index in [-0.39, 0.29) is 17.7 Å². The fraction of sp³-hybridized carbons (Fsp3) is 0.391. The zero-order valence-electron chi connectivity index (χ0n) is 16.2. The number of carbonyl (C=O) groups excluding carboxylic acids is 2. The average Bonchev–Trinajstić information content (AvgIpc) is 2.76. The van der Waals surface area contributed by atoms with Crippen molar-refractivity contribution >= 4 is 23.6 Å². The fourth-order valence-corrected chi connectivity index (χ4v) is 4.24. The topological polar surface area (TPSA) is 49.4 Å². The zero-order valence-corrected chi connectivity index (χ0v) is 17.0. The Bertz CT molecular complexity index is 744. The molecule has 4 nitrogen and oxygen atoms in total. The highest BCUT2D eigenvalue weighted by Crippen LogP contribution is 2.19. The third kappa shape index (κ3) is 6.41. The number of hydrogen-bond donors (Lipinski definition) is 1. The summed E-state index contributed by atoms with van der Waals surface area (Å²) in [6.45, 7) is 2.05. The van der Waals surface area contributed by atoms with E-state index in [2.05, 4.69) is 29.6 Å². The standard InChI is InChI=1S/C23H28N2O2S/c26-22(12-11-19-7-3-1-4-8-19)25-16-13-20(14-17-25)23(27)24-15-18-28-21-9-5-2-6-10-21/h1-10,20H,11-18H2,(H,24,27). The summed E-state index contributed by atoms with van der Waals surface area (Å²) in [6.07, 6.45) is 2.83. The van der Waals surface area contributed by atoms with Crippen LogP contribution in [-0.4, -0.2) is 42.1 Å². The largest absolute Gasteiger partial charge is 0.355 e. The second-order valence-electron chi connectivity index (χ2n) is 7.09. The first-order chi connectivity index (χ1) is 13.7.